The van der Waals surface area contributed by atoms with Crippen molar-refractivity contribution in [2.24, 2.45) is 0 Å². The van der Waals surface area contributed by atoms with Crippen molar-refractivity contribution < 1.29 is 19.4 Å². The second-order valence-corrected chi connectivity index (χ2v) is 5.87. The maximum Gasteiger partial charge on any atom is 0.355 e. The van der Waals surface area contributed by atoms with Gasteiger partial charge in [0, 0.05) is 17.0 Å². The average molecular weight is 279 g/mol. The van der Waals surface area contributed by atoms with E-state index in [-0.39, 0.29) is 5.69 Å². The number of esters is 1. The van der Waals surface area contributed by atoms with Crippen molar-refractivity contribution in [1.82, 2.24) is 4.98 Å². The van der Waals surface area contributed by atoms with Crippen LogP contribution in [0.25, 0.3) is 10.1 Å². The SMILES string of the molecule is CC(C)(C)OC(=O)c1csc2c(C(=O)O)nccc12. The topological polar surface area (TPSA) is 76.5 Å². The van der Waals surface area contributed by atoms with E-state index >= 15 is 0 Å². The van der Waals surface area contributed by atoms with E-state index in [1.165, 1.54) is 17.5 Å². The van der Waals surface area contributed by atoms with Crippen LogP contribution in [-0.4, -0.2) is 27.6 Å². The molecule has 100 valence electrons. The molecule has 0 radical (unpaired) electrons. The number of hydrogen-bond donors (Lipinski definition) is 1. The average Bonchev–Trinajstić information content (AvgIpc) is 2.69. The van der Waals surface area contributed by atoms with Crippen molar-refractivity contribution in [3.8, 4) is 0 Å². The zero-order valence-electron chi connectivity index (χ0n) is 10.8. The van der Waals surface area contributed by atoms with Gasteiger partial charge < -0.3 is 9.84 Å². The second-order valence-electron chi connectivity index (χ2n) is 4.99. The first-order chi connectivity index (χ1) is 8.79. The van der Waals surface area contributed by atoms with E-state index in [9.17, 15) is 9.59 Å². The molecule has 0 bridgehead atoms. The fourth-order valence-corrected chi connectivity index (χ4v) is 2.62. The highest BCUT2D eigenvalue weighted by Crippen LogP contribution is 2.29. The zero-order valence-corrected chi connectivity index (χ0v) is 11.6. The molecule has 0 saturated carbocycles. The molecular weight excluding hydrogens is 266 g/mol. The summed E-state index contributed by atoms with van der Waals surface area (Å²) in [5, 5.41) is 11.2. The summed E-state index contributed by atoms with van der Waals surface area (Å²) in [7, 11) is 0. The molecule has 0 spiro atoms. The number of rotatable bonds is 2. The van der Waals surface area contributed by atoms with Gasteiger partial charge in [0.1, 0.15) is 5.60 Å². The highest BCUT2D eigenvalue weighted by molar-refractivity contribution is 7.18. The third-order valence-corrected chi connectivity index (χ3v) is 3.31. The van der Waals surface area contributed by atoms with Gasteiger partial charge in [-0.05, 0) is 26.8 Å². The minimum atomic E-state index is -1.11. The summed E-state index contributed by atoms with van der Waals surface area (Å²) in [6, 6.07) is 1.62. The van der Waals surface area contributed by atoms with Crippen LogP contribution in [0.2, 0.25) is 0 Å². The Morgan fingerprint density at radius 1 is 1.37 bits per heavy atom. The number of hydrogen-bond acceptors (Lipinski definition) is 5. The molecule has 6 heteroatoms. The van der Waals surface area contributed by atoms with Crippen LogP contribution in [0.15, 0.2) is 17.6 Å². The Morgan fingerprint density at radius 3 is 2.63 bits per heavy atom. The summed E-state index contributed by atoms with van der Waals surface area (Å²) >= 11 is 1.18. The fourth-order valence-electron chi connectivity index (χ4n) is 1.60. The number of pyridine rings is 1. The Balaban J connectivity index is 2.50. The number of aromatic carboxylic acids is 1. The molecule has 0 saturated heterocycles. The molecule has 19 heavy (non-hydrogen) atoms. The molecule has 1 N–H and O–H groups in total. The van der Waals surface area contributed by atoms with Crippen LogP contribution in [0, 0.1) is 0 Å². The summed E-state index contributed by atoms with van der Waals surface area (Å²) in [6.07, 6.45) is 1.38. The van der Waals surface area contributed by atoms with E-state index in [2.05, 4.69) is 4.98 Å². The lowest BCUT2D eigenvalue weighted by Crippen LogP contribution is -2.23. The summed E-state index contributed by atoms with van der Waals surface area (Å²) in [4.78, 5) is 26.9. The molecule has 0 aliphatic carbocycles. The molecular formula is C13H13NO4S. The number of nitrogens with zero attached hydrogens (tertiary/aromatic N) is 1. The lowest BCUT2D eigenvalue weighted by Gasteiger charge is -2.19. The van der Waals surface area contributed by atoms with Crippen LogP contribution in [0.3, 0.4) is 0 Å². The van der Waals surface area contributed by atoms with Gasteiger partial charge in [-0.2, -0.15) is 0 Å². The maximum atomic E-state index is 12.0. The third-order valence-electron chi connectivity index (χ3n) is 2.31. The third kappa shape index (κ3) is 2.73. The lowest BCUT2D eigenvalue weighted by molar-refractivity contribution is 0.00721. The lowest BCUT2D eigenvalue weighted by atomic mass is 10.1. The molecule has 0 unspecified atom stereocenters. The molecule has 2 rings (SSSR count). The van der Waals surface area contributed by atoms with E-state index in [1.54, 1.807) is 32.2 Å². The number of ether oxygens (including phenoxy) is 1. The Labute approximate surface area is 113 Å². The Hall–Kier alpha value is -1.95. The van der Waals surface area contributed by atoms with E-state index in [4.69, 9.17) is 9.84 Å². The number of carbonyl (C=O) groups is 2. The number of aromatic nitrogens is 1. The summed E-state index contributed by atoms with van der Waals surface area (Å²) < 4.78 is 5.77. The van der Waals surface area contributed by atoms with Crippen LogP contribution >= 0.6 is 11.3 Å². The van der Waals surface area contributed by atoms with Crippen molar-refractivity contribution in [2.75, 3.05) is 0 Å². The van der Waals surface area contributed by atoms with Gasteiger partial charge in [0.05, 0.1) is 10.3 Å². The Kier molecular flexibility index (Phi) is 3.28. The van der Waals surface area contributed by atoms with E-state index in [0.717, 1.165) is 0 Å². The van der Waals surface area contributed by atoms with Gasteiger partial charge in [-0.25, -0.2) is 14.6 Å². The van der Waals surface area contributed by atoms with Crippen molar-refractivity contribution in [3.05, 3.63) is 28.9 Å². The van der Waals surface area contributed by atoms with Gasteiger partial charge in [0.25, 0.3) is 0 Å². The van der Waals surface area contributed by atoms with Gasteiger partial charge in [-0.3, -0.25) is 0 Å². The van der Waals surface area contributed by atoms with Crippen LogP contribution < -0.4 is 0 Å². The van der Waals surface area contributed by atoms with Gasteiger partial charge in [0.2, 0.25) is 0 Å². The summed E-state index contributed by atoms with van der Waals surface area (Å²) in [6.45, 7) is 5.34. The standard InChI is InChI=1S/C13H13NO4S/c1-13(2,3)18-12(17)8-6-19-10-7(8)4-5-14-9(10)11(15)16/h4-6H,1-3H3,(H,15,16). The zero-order chi connectivity index (χ0) is 14.2. The highest BCUT2D eigenvalue weighted by atomic mass is 32.1. The molecule has 5 nitrogen and oxygen atoms in total. The quantitative estimate of drug-likeness (QED) is 0.855. The minimum absolute atomic E-state index is 0.0442. The van der Waals surface area contributed by atoms with E-state index < -0.39 is 17.5 Å². The Morgan fingerprint density at radius 2 is 2.05 bits per heavy atom. The van der Waals surface area contributed by atoms with Crippen LogP contribution in [-0.2, 0) is 4.74 Å². The number of carboxylic acid groups (broad SMARTS) is 1. The number of fused-ring (bicyclic) bond motifs is 1. The first-order valence-electron chi connectivity index (χ1n) is 5.62. The first-order valence-corrected chi connectivity index (χ1v) is 6.50. The summed E-state index contributed by atoms with van der Waals surface area (Å²) in [5.41, 5.74) is -0.259. The molecule has 2 aromatic heterocycles. The minimum Gasteiger partial charge on any atom is -0.476 e. The molecule has 0 aliphatic rings. The van der Waals surface area contributed by atoms with Crippen LogP contribution in [0.5, 0.6) is 0 Å². The molecule has 0 aliphatic heterocycles. The molecule has 0 amide bonds. The number of carboxylic acids is 1. The molecule has 2 aromatic rings. The van der Waals surface area contributed by atoms with Crippen molar-refractivity contribution >= 4 is 33.4 Å². The molecule has 0 atom stereocenters. The van der Waals surface area contributed by atoms with Crippen molar-refractivity contribution in [1.29, 1.82) is 0 Å². The maximum absolute atomic E-state index is 12.0. The van der Waals surface area contributed by atoms with Gasteiger partial charge >= 0.3 is 11.9 Å². The largest absolute Gasteiger partial charge is 0.476 e. The predicted octanol–water partition coefficient (Wildman–Crippen LogP) is 2.95. The van der Waals surface area contributed by atoms with Gasteiger partial charge in [0.15, 0.2) is 5.69 Å². The normalized spacial score (nSPS) is 11.5. The predicted molar refractivity (Wildman–Crippen MR) is 71.7 cm³/mol. The molecule has 0 fully saturated rings. The fraction of sp³-hybridized carbons (Fsp3) is 0.308. The van der Waals surface area contributed by atoms with Gasteiger partial charge in [-0.15, -0.1) is 11.3 Å². The summed E-state index contributed by atoms with van der Waals surface area (Å²) in [5.74, 6) is -1.57. The van der Waals surface area contributed by atoms with Crippen molar-refractivity contribution in [3.63, 3.8) is 0 Å². The molecule has 0 aromatic carbocycles. The second kappa shape index (κ2) is 4.62. The smallest absolute Gasteiger partial charge is 0.355 e. The Bertz CT molecular complexity index is 654. The van der Waals surface area contributed by atoms with Crippen molar-refractivity contribution in [2.45, 2.75) is 26.4 Å². The van der Waals surface area contributed by atoms with Crippen LogP contribution in [0.1, 0.15) is 41.6 Å². The highest BCUT2D eigenvalue weighted by Gasteiger charge is 2.22. The first kappa shape index (κ1) is 13.5. The number of thiophene rings is 1. The van der Waals surface area contributed by atoms with E-state index in [1.807, 2.05) is 0 Å². The number of carbonyl (C=O) groups excluding carboxylic acids is 1. The monoisotopic (exact) mass is 279 g/mol. The molecule has 2 heterocycles. The van der Waals surface area contributed by atoms with Gasteiger partial charge in [-0.1, -0.05) is 0 Å². The van der Waals surface area contributed by atoms with E-state index in [0.29, 0.717) is 15.6 Å². The van der Waals surface area contributed by atoms with Crippen LogP contribution in [0.4, 0.5) is 0 Å².